The lowest BCUT2D eigenvalue weighted by molar-refractivity contribution is 0.0936. The molecule has 2 aromatic carbocycles. The molecule has 0 aliphatic heterocycles. The molecular weight excluding hydrogens is 456 g/mol. The first-order valence-corrected chi connectivity index (χ1v) is 10.8. The predicted molar refractivity (Wildman–Crippen MR) is 121 cm³/mol. The second kappa shape index (κ2) is 9.30. The lowest BCUT2D eigenvalue weighted by Crippen LogP contribution is -2.35. The van der Waals surface area contributed by atoms with Crippen LogP contribution in [0, 0.1) is 0 Å². The van der Waals surface area contributed by atoms with Gasteiger partial charge in [0.1, 0.15) is 11.9 Å². The molecule has 1 fully saturated rings. The maximum Gasteiger partial charge on any atom is 0.283 e. The molecule has 0 spiro atoms. The number of alkyl halides is 1. The maximum absolute atomic E-state index is 14.7. The van der Waals surface area contributed by atoms with Crippen LogP contribution in [0.5, 0.6) is 11.5 Å². The number of benzene rings is 2. The van der Waals surface area contributed by atoms with Gasteiger partial charge in [0.15, 0.2) is 11.3 Å². The molecule has 1 unspecified atom stereocenters. The van der Waals surface area contributed by atoms with E-state index in [1.54, 1.807) is 6.07 Å². The minimum atomic E-state index is -1.59. The van der Waals surface area contributed by atoms with Crippen LogP contribution in [0.2, 0.25) is 10.0 Å². The van der Waals surface area contributed by atoms with E-state index in [1.165, 1.54) is 31.4 Å². The average molecular weight is 476 g/mol. The summed E-state index contributed by atoms with van der Waals surface area (Å²) >= 11 is 11.9. The van der Waals surface area contributed by atoms with Gasteiger partial charge in [-0.1, -0.05) is 41.4 Å². The summed E-state index contributed by atoms with van der Waals surface area (Å²) in [5, 5.41) is 6.92. The van der Waals surface area contributed by atoms with Crippen LogP contribution in [0.4, 0.5) is 4.39 Å². The molecule has 32 heavy (non-hydrogen) atoms. The fourth-order valence-corrected chi connectivity index (χ4v) is 3.85. The van der Waals surface area contributed by atoms with Gasteiger partial charge in [-0.15, -0.1) is 0 Å². The second-order valence-electron chi connectivity index (χ2n) is 7.60. The first kappa shape index (κ1) is 22.3. The number of hydrogen-bond acceptors (Lipinski definition) is 4. The number of aromatic nitrogens is 2. The largest absolute Gasteiger partial charge is 0.455 e. The summed E-state index contributed by atoms with van der Waals surface area (Å²) in [5.41, 5.74) is 0.421. The predicted octanol–water partition coefficient (Wildman–Crippen LogP) is 5.20. The molecule has 1 aliphatic rings. The number of carbonyl (C=O) groups is 1. The van der Waals surface area contributed by atoms with E-state index in [-0.39, 0.29) is 28.4 Å². The van der Waals surface area contributed by atoms with Gasteiger partial charge < -0.3 is 10.1 Å². The lowest BCUT2D eigenvalue weighted by Gasteiger charge is -2.14. The van der Waals surface area contributed by atoms with Crippen LogP contribution in [0.3, 0.4) is 0 Å². The van der Waals surface area contributed by atoms with Gasteiger partial charge in [0, 0.05) is 22.7 Å². The summed E-state index contributed by atoms with van der Waals surface area (Å²) < 4.78 is 21.5. The summed E-state index contributed by atoms with van der Waals surface area (Å²) in [6.07, 6.45) is 1.97. The van der Waals surface area contributed by atoms with Crippen molar-refractivity contribution in [1.82, 2.24) is 15.1 Å². The topological polar surface area (TPSA) is 73.2 Å². The van der Waals surface area contributed by atoms with Crippen LogP contribution >= 0.6 is 23.2 Å². The van der Waals surface area contributed by atoms with E-state index >= 15 is 0 Å². The standard InChI is InChI=1S/C23H20Cl2FN3O3/c1-29-23(31)21(22(30)27-11-19(26)17-8-7-15(24)10-18(17)25)20(12-28-29)32-16-4-2-3-14(9-16)13-5-6-13/h2-4,7-10,12-13,19H,5-6,11H2,1H3,(H,27,30). The summed E-state index contributed by atoms with van der Waals surface area (Å²) in [6, 6.07) is 11.9. The molecule has 6 nitrogen and oxygen atoms in total. The molecule has 0 radical (unpaired) electrons. The van der Waals surface area contributed by atoms with Crippen LogP contribution in [-0.2, 0) is 7.05 Å². The van der Waals surface area contributed by atoms with Crippen molar-refractivity contribution < 1.29 is 13.9 Å². The number of carbonyl (C=O) groups excluding carboxylic acids is 1. The van der Waals surface area contributed by atoms with Crippen LogP contribution < -0.4 is 15.6 Å². The third-order valence-corrected chi connectivity index (χ3v) is 5.77. The molecule has 4 rings (SSSR count). The minimum absolute atomic E-state index is 0.00141. The molecule has 1 atom stereocenters. The highest BCUT2D eigenvalue weighted by atomic mass is 35.5. The Balaban J connectivity index is 1.54. The first-order valence-electron chi connectivity index (χ1n) is 10.0. The Morgan fingerprint density at radius 3 is 2.78 bits per heavy atom. The van der Waals surface area contributed by atoms with Crippen molar-refractivity contribution >= 4 is 29.1 Å². The van der Waals surface area contributed by atoms with E-state index in [2.05, 4.69) is 10.4 Å². The Labute approximate surface area is 193 Å². The normalized spacial score (nSPS) is 14.1. The Bertz CT molecular complexity index is 1230. The molecule has 1 N–H and O–H groups in total. The van der Waals surface area contributed by atoms with Crippen LogP contribution in [-0.4, -0.2) is 22.2 Å². The molecule has 1 heterocycles. The smallest absolute Gasteiger partial charge is 0.283 e. The number of halogens is 3. The number of amides is 1. The lowest BCUT2D eigenvalue weighted by atomic mass is 10.1. The van der Waals surface area contributed by atoms with Gasteiger partial charge in [-0.3, -0.25) is 9.59 Å². The highest BCUT2D eigenvalue weighted by Crippen LogP contribution is 2.41. The summed E-state index contributed by atoms with van der Waals surface area (Å²) in [6.45, 7) is -0.387. The number of hydrogen-bond donors (Lipinski definition) is 1. The van der Waals surface area contributed by atoms with E-state index in [0.717, 1.165) is 23.1 Å². The van der Waals surface area contributed by atoms with Gasteiger partial charge in [-0.25, -0.2) is 9.07 Å². The number of aryl methyl sites for hydroxylation is 1. The minimum Gasteiger partial charge on any atom is -0.455 e. The number of nitrogens with zero attached hydrogens (tertiary/aromatic N) is 2. The molecular formula is C23H20Cl2FN3O3. The van der Waals surface area contributed by atoms with Gasteiger partial charge in [-0.2, -0.15) is 5.10 Å². The summed E-state index contributed by atoms with van der Waals surface area (Å²) in [7, 11) is 1.42. The molecule has 0 saturated heterocycles. The van der Waals surface area contributed by atoms with E-state index in [1.807, 2.05) is 18.2 Å². The first-order chi connectivity index (χ1) is 15.3. The summed E-state index contributed by atoms with van der Waals surface area (Å²) in [4.78, 5) is 25.5. The maximum atomic E-state index is 14.7. The zero-order valence-corrected chi connectivity index (χ0v) is 18.7. The zero-order chi connectivity index (χ0) is 22.8. The fraction of sp³-hybridized carbons (Fsp3) is 0.261. The van der Waals surface area contributed by atoms with Crippen molar-refractivity contribution in [3.05, 3.63) is 85.8 Å². The van der Waals surface area contributed by atoms with Gasteiger partial charge in [0.25, 0.3) is 11.5 Å². The van der Waals surface area contributed by atoms with Crippen molar-refractivity contribution in [2.45, 2.75) is 24.9 Å². The molecule has 1 saturated carbocycles. The number of nitrogens with one attached hydrogen (secondary N) is 1. The highest BCUT2D eigenvalue weighted by molar-refractivity contribution is 6.35. The van der Waals surface area contributed by atoms with E-state index in [0.29, 0.717) is 16.7 Å². The van der Waals surface area contributed by atoms with Gasteiger partial charge in [0.05, 0.1) is 12.7 Å². The Morgan fingerprint density at radius 1 is 1.28 bits per heavy atom. The number of rotatable bonds is 7. The van der Waals surface area contributed by atoms with Crippen molar-refractivity contribution in [3.8, 4) is 11.5 Å². The molecule has 166 valence electrons. The quantitative estimate of drug-likeness (QED) is 0.509. The van der Waals surface area contributed by atoms with Gasteiger partial charge in [-0.05, 0) is 48.6 Å². The molecule has 9 heteroatoms. The van der Waals surface area contributed by atoms with E-state index < -0.39 is 17.6 Å². The molecule has 1 amide bonds. The molecule has 1 aromatic heterocycles. The Morgan fingerprint density at radius 2 is 2.06 bits per heavy atom. The Kier molecular flexibility index (Phi) is 6.48. The van der Waals surface area contributed by atoms with Crippen LogP contribution in [0.15, 0.2) is 53.5 Å². The SMILES string of the molecule is Cn1ncc(Oc2cccc(C3CC3)c2)c(C(=O)NCC(F)c2ccc(Cl)cc2Cl)c1=O. The Hall–Kier alpha value is -2.90. The monoisotopic (exact) mass is 475 g/mol. The van der Waals surface area contributed by atoms with E-state index in [4.69, 9.17) is 27.9 Å². The average Bonchev–Trinajstić information content (AvgIpc) is 3.60. The molecule has 1 aliphatic carbocycles. The van der Waals surface area contributed by atoms with Crippen molar-refractivity contribution in [2.24, 2.45) is 7.05 Å². The zero-order valence-electron chi connectivity index (χ0n) is 17.1. The third-order valence-electron chi connectivity index (χ3n) is 5.21. The van der Waals surface area contributed by atoms with Crippen molar-refractivity contribution in [2.75, 3.05) is 6.54 Å². The van der Waals surface area contributed by atoms with Gasteiger partial charge in [0.2, 0.25) is 0 Å². The molecule has 0 bridgehead atoms. The van der Waals surface area contributed by atoms with Crippen LogP contribution in [0.25, 0.3) is 0 Å². The van der Waals surface area contributed by atoms with Gasteiger partial charge >= 0.3 is 0 Å². The van der Waals surface area contributed by atoms with Crippen LogP contribution in [0.1, 0.15) is 46.4 Å². The third kappa shape index (κ3) is 4.95. The molecule has 3 aromatic rings. The van der Waals surface area contributed by atoms with Crippen molar-refractivity contribution in [3.63, 3.8) is 0 Å². The second-order valence-corrected chi connectivity index (χ2v) is 8.45. The highest BCUT2D eigenvalue weighted by Gasteiger charge is 2.25. The summed E-state index contributed by atoms with van der Waals surface area (Å²) in [5.74, 6) is 0.242. The number of ether oxygens (including phenoxy) is 1. The van der Waals surface area contributed by atoms with E-state index in [9.17, 15) is 14.0 Å². The van der Waals surface area contributed by atoms with Crippen molar-refractivity contribution in [1.29, 1.82) is 0 Å². The fourth-order valence-electron chi connectivity index (χ4n) is 3.32.